The molecule has 1 saturated heterocycles. The minimum atomic E-state index is -0.492. The molecule has 1 aromatic heterocycles. The summed E-state index contributed by atoms with van der Waals surface area (Å²) in [4.78, 5) is 55.5. The van der Waals surface area contributed by atoms with E-state index in [0.717, 1.165) is 34.6 Å². The number of imide groups is 1. The average Bonchev–Trinajstić information content (AvgIpc) is 3.24. The van der Waals surface area contributed by atoms with Crippen molar-refractivity contribution in [3.63, 3.8) is 0 Å². The Balaban J connectivity index is 1.50. The second-order valence-electron chi connectivity index (χ2n) is 7.43. The third kappa shape index (κ3) is 3.72. The van der Waals surface area contributed by atoms with E-state index >= 15 is 0 Å². The third-order valence-corrected chi connectivity index (χ3v) is 6.55. The molecule has 4 rings (SSSR count). The lowest BCUT2D eigenvalue weighted by Crippen LogP contribution is -2.38. The van der Waals surface area contributed by atoms with Crippen LogP contribution in [0.5, 0.6) is 0 Å². The van der Waals surface area contributed by atoms with Gasteiger partial charge in [-0.15, -0.1) is 0 Å². The van der Waals surface area contributed by atoms with Crippen LogP contribution in [0.25, 0.3) is 11.3 Å². The van der Waals surface area contributed by atoms with Crippen LogP contribution in [0.15, 0.2) is 30.3 Å². The molecule has 1 aromatic carbocycles. The zero-order chi connectivity index (χ0) is 20.5. The molecule has 0 unspecified atom stereocenters. The molecule has 1 saturated carbocycles. The molecule has 1 aliphatic carbocycles. The molecule has 2 atom stereocenters. The number of hydrogen-bond donors (Lipinski definition) is 1. The molecule has 7 nitrogen and oxygen atoms in total. The number of anilines is 1. The molecule has 0 radical (unpaired) electrons. The number of Topliss-reactive ketones (excluding diaryl/α,β-unsaturated/α-hetero) is 1. The van der Waals surface area contributed by atoms with Crippen LogP contribution in [0, 0.1) is 11.8 Å². The Morgan fingerprint density at radius 1 is 1.10 bits per heavy atom. The van der Waals surface area contributed by atoms with Crippen LogP contribution in [-0.2, 0) is 14.4 Å². The zero-order valence-corrected chi connectivity index (χ0v) is 16.8. The summed E-state index contributed by atoms with van der Waals surface area (Å²) in [5.41, 5.74) is 1.29. The van der Waals surface area contributed by atoms with Crippen molar-refractivity contribution in [3.8, 4) is 11.3 Å². The second-order valence-corrected chi connectivity index (χ2v) is 8.43. The van der Waals surface area contributed by atoms with Crippen LogP contribution in [0.2, 0.25) is 0 Å². The monoisotopic (exact) mass is 411 g/mol. The van der Waals surface area contributed by atoms with Gasteiger partial charge in [0.05, 0.1) is 22.4 Å². The number of nitrogens with zero attached hydrogens (tertiary/aromatic N) is 2. The van der Waals surface area contributed by atoms with E-state index in [1.54, 1.807) is 0 Å². The van der Waals surface area contributed by atoms with Crippen LogP contribution in [-0.4, -0.2) is 39.9 Å². The highest BCUT2D eigenvalue weighted by molar-refractivity contribution is 7.18. The summed E-state index contributed by atoms with van der Waals surface area (Å²) >= 11 is 1.09. The number of hydrogen-bond acceptors (Lipinski definition) is 6. The highest BCUT2D eigenvalue weighted by atomic mass is 32.1. The first-order chi connectivity index (χ1) is 14.0. The Kier molecular flexibility index (Phi) is 5.27. The fourth-order valence-electron chi connectivity index (χ4n) is 4.09. The first kappa shape index (κ1) is 19.4. The Morgan fingerprint density at radius 2 is 1.72 bits per heavy atom. The van der Waals surface area contributed by atoms with Crippen molar-refractivity contribution >= 4 is 40.0 Å². The fourth-order valence-corrected chi connectivity index (χ4v) is 4.99. The Hall–Kier alpha value is -2.87. The maximum atomic E-state index is 12.5. The van der Waals surface area contributed by atoms with Crippen LogP contribution in [0.3, 0.4) is 0 Å². The summed E-state index contributed by atoms with van der Waals surface area (Å²) in [6, 6.07) is 9.25. The standard InChI is InChI=1S/C21H21N3O4S/c1-12(25)18-17(13-7-3-2-4-8-13)23-21(29-18)22-16(26)11-24-19(27)14-9-5-6-10-15(14)20(24)28/h2-4,7-8,14-15H,5-6,9-11H2,1H3,(H,22,23,26)/t14-,15+. The van der Waals surface area contributed by atoms with Gasteiger partial charge in [-0.25, -0.2) is 4.98 Å². The molecule has 150 valence electrons. The lowest BCUT2D eigenvalue weighted by molar-refractivity contribution is -0.142. The molecule has 2 heterocycles. The van der Waals surface area contributed by atoms with E-state index in [1.807, 2.05) is 30.3 Å². The largest absolute Gasteiger partial charge is 0.300 e. The van der Waals surface area contributed by atoms with Gasteiger partial charge in [-0.3, -0.25) is 24.1 Å². The molecule has 2 aliphatic rings. The van der Waals surface area contributed by atoms with E-state index in [-0.39, 0.29) is 41.1 Å². The van der Waals surface area contributed by atoms with Crippen LogP contribution < -0.4 is 5.32 Å². The topological polar surface area (TPSA) is 96.4 Å². The van der Waals surface area contributed by atoms with Gasteiger partial charge >= 0.3 is 0 Å². The summed E-state index contributed by atoms with van der Waals surface area (Å²) in [5, 5.41) is 2.92. The number of ketones is 1. The van der Waals surface area contributed by atoms with Crippen molar-refractivity contribution in [2.45, 2.75) is 32.6 Å². The maximum Gasteiger partial charge on any atom is 0.246 e. The van der Waals surface area contributed by atoms with Crippen molar-refractivity contribution < 1.29 is 19.2 Å². The molecule has 29 heavy (non-hydrogen) atoms. The molecule has 3 amide bonds. The highest BCUT2D eigenvalue weighted by Crippen LogP contribution is 2.38. The number of likely N-dealkylation sites (tertiary alicyclic amines) is 1. The molecule has 1 N–H and O–H groups in total. The van der Waals surface area contributed by atoms with Gasteiger partial charge in [0.25, 0.3) is 0 Å². The first-order valence-electron chi connectivity index (χ1n) is 9.68. The van der Waals surface area contributed by atoms with E-state index in [0.29, 0.717) is 23.4 Å². The normalized spacial score (nSPS) is 21.2. The minimum Gasteiger partial charge on any atom is -0.300 e. The Bertz CT molecular complexity index is 961. The lowest BCUT2D eigenvalue weighted by Gasteiger charge is -2.19. The summed E-state index contributed by atoms with van der Waals surface area (Å²) in [6.07, 6.45) is 3.30. The number of fused-ring (bicyclic) bond motifs is 1. The second kappa shape index (κ2) is 7.87. The van der Waals surface area contributed by atoms with E-state index in [4.69, 9.17) is 0 Å². The molecule has 0 spiro atoms. The lowest BCUT2D eigenvalue weighted by atomic mass is 9.81. The quantitative estimate of drug-likeness (QED) is 0.602. The fraction of sp³-hybridized carbons (Fsp3) is 0.381. The number of thiazole rings is 1. The zero-order valence-electron chi connectivity index (χ0n) is 16.0. The maximum absolute atomic E-state index is 12.5. The minimum absolute atomic E-state index is 0.143. The molecule has 2 aromatic rings. The molecule has 2 fully saturated rings. The molecular weight excluding hydrogens is 390 g/mol. The number of benzene rings is 1. The average molecular weight is 411 g/mol. The first-order valence-corrected chi connectivity index (χ1v) is 10.5. The Labute approximate surface area is 172 Å². The van der Waals surface area contributed by atoms with Crippen molar-refractivity contribution in [1.29, 1.82) is 0 Å². The molecule has 0 bridgehead atoms. The number of rotatable bonds is 5. The van der Waals surface area contributed by atoms with Crippen LogP contribution in [0.4, 0.5) is 5.13 Å². The van der Waals surface area contributed by atoms with E-state index in [9.17, 15) is 19.2 Å². The van der Waals surface area contributed by atoms with Gasteiger partial charge in [0.2, 0.25) is 17.7 Å². The number of nitrogens with one attached hydrogen (secondary N) is 1. The summed E-state index contributed by atoms with van der Waals surface area (Å²) in [6.45, 7) is 1.13. The van der Waals surface area contributed by atoms with E-state index in [1.165, 1.54) is 6.92 Å². The number of aromatic nitrogens is 1. The van der Waals surface area contributed by atoms with Crippen molar-refractivity contribution in [2.75, 3.05) is 11.9 Å². The smallest absolute Gasteiger partial charge is 0.246 e. The van der Waals surface area contributed by atoms with Crippen molar-refractivity contribution in [1.82, 2.24) is 9.88 Å². The third-order valence-electron chi connectivity index (χ3n) is 5.47. The predicted molar refractivity (Wildman–Crippen MR) is 108 cm³/mol. The number of carbonyl (C=O) groups excluding carboxylic acids is 4. The van der Waals surface area contributed by atoms with Crippen molar-refractivity contribution in [2.24, 2.45) is 11.8 Å². The Morgan fingerprint density at radius 3 is 2.31 bits per heavy atom. The van der Waals surface area contributed by atoms with Crippen LogP contribution >= 0.6 is 11.3 Å². The van der Waals surface area contributed by atoms with Gasteiger partial charge in [0.15, 0.2) is 10.9 Å². The van der Waals surface area contributed by atoms with Crippen molar-refractivity contribution in [3.05, 3.63) is 35.2 Å². The SMILES string of the molecule is CC(=O)c1sc(NC(=O)CN2C(=O)[C@H]3CCCC[C@H]3C2=O)nc1-c1ccccc1. The molecule has 8 heteroatoms. The summed E-state index contributed by atoms with van der Waals surface area (Å²) in [7, 11) is 0. The van der Waals surface area contributed by atoms with Gasteiger partial charge < -0.3 is 5.32 Å². The number of amides is 3. The van der Waals surface area contributed by atoms with Gasteiger partial charge in [-0.2, -0.15) is 0 Å². The van der Waals surface area contributed by atoms with Gasteiger partial charge in [0.1, 0.15) is 6.54 Å². The van der Waals surface area contributed by atoms with E-state index in [2.05, 4.69) is 10.3 Å². The highest BCUT2D eigenvalue weighted by Gasteiger charge is 2.48. The van der Waals surface area contributed by atoms with E-state index < -0.39 is 5.91 Å². The van der Waals surface area contributed by atoms with Gasteiger partial charge in [-0.1, -0.05) is 54.5 Å². The predicted octanol–water partition coefficient (Wildman–Crippen LogP) is 3.13. The van der Waals surface area contributed by atoms with Gasteiger partial charge in [0, 0.05) is 12.5 Å². The van der Waals surface area contributed by atoms with Gasteiger partial charge in [-0.05, 0) is 12.8 Å². The van der Waals surface area contributed by atoms with Crippen LogP contribution in [0.1, 0.15) is 42.3 Å². The molecular formula is C21H21N3O4S. The molecule has 1 aliphatic heterocycles. The summed E-state index contributed by atoms with van der Waals surface area (Å²) < 4.78 is 0. The summed E-state index contributed by atoms with van der Waals surface area (Å²) in [5.74, 6) is -1.69. The number of carbonyl (C=O) groups is 4.